The van der Waals surface area contributed by atoms with Crippen LogP contribution < -0.4 is 5.73 Å². The monoisotopic (exact) mass is 577 g/mol. The maximum Gasteiger partial charge on any atom is 0.352 e. The molecule has 3 heterocycles. The van der Waals surface area contributed by atoms with E-state index < -0.39 is 33.9 Å². The average molecular weight is 578 g/mol. The van der Waals surface area contributed by atoms with Crippen molar-refractivity contribution in [2.24, 2.45) is 11.1 Å². The normalized spacial score (nSPS) is 19.4. The molecule has 15 heteroatoms. The van der Waals surface area contributed by atoms with E-state index in [1.807, 2.05) is 0 Å². The number of Topliss-reactive ketones (excluding diaryl/α,β-unsaturated/α-hetero) is 1. The molecule has 1 aromatic heterocycles. The number of carbonyl (C=O) groups is 3. The number of oxime groups is 1. The third kappa shape index (κ3) is 5.28. The van der Waals surface area contributed by atoms with Gasteiger partial charge in [0.25, 0.3) is 5.69 Å². The topological polar surface area (TPSA) is 178 Å². The number of ketones is 1. The third-order valence-corrected chi connectivity index (χ3v) is 8.18. The second-order valence-corrected chi connectivity index (χ2v) is 10.4. The lowest BCUT2D eigenvalue weighted by Gasteiger charge is -2.49. The van der Waals surface area contributed by atoms with Crippen molar-refractivity contribution in [3.8, 4) is 0 Å². The Morgan fingerprint density at radius 2 is 2.18 bits per heavy atom. The van der Waals surface area contributed by atoms with E-state index in [9.17, 15) is 29.6 Å². The molecule has 198 valence electrons. The number of nitrogen functional groups attached to an aromatic ring is 1. The quantitative estimate of drug-likeness (QED) is 0.140. The van der Waals surface area contributed by atoms with Crippen LogP contribution in [-0.2, 0) is 25.1 Å². The molecule has 1 amide bonds. The zero-order valence-corrected chi connectivity index (χ0v) is 22.1. The molecule has 1 fully saturated rings. The van der Waals surface area contributed by atoms with Gasteiger partial charge in [0.2, 0.25) is 5.91 Å². The van der Waals surface area contributed by atoms with Gasteiger partial charge < -0.3 is 15.7 Å². The number of carbonyl (C=O) groups excluding carboxylic acids is 2. The highest BCUT2D eigenvalue weighted by Crippen LogP contribution is 2.45. The van der Waals surface area contributed by atoms with E-state index in [0.29, 0.717) is 11.1 Å². The molecule has 0 saturated carbocycles. The first-order chi connectivity index (χ1) is 18.2. The van der Waals surface area contributed by atoms with Crippen molar-refractivity contribution in [3.63, 3.8) is 0 Å². The molecular formula is C23H20ClN5O7S2. The van der Waals surface area contributed by atoms with E-state index in [2.05, 4.69) is 10.1 Å². The number of anilines is 1. The van der Waals surface area contributed by atoms with Crippen molar-refractivity contribution in [3.05, 3.63) is 67.9 Å². The van der Waals surface area contributed by atoms with Crippen molar-refractivity contribution >= 4 is 75.0 Å². The number of hydrogen-bond donors (Lipinski definition) is 2. The van der Waals surface area contributed by atoms with E-state index in [-0.39, 0.29) is 51.5 Å². The SMILES string of the molecule is CO/N=C(\C(=O)C[C@@H]1C(=O)N2C(C(=O)O)=C(C=Cc3ccc(CCl)cc3[N+](=O)[O-])CS[C@H]12)c1csc(N)n1. The van der Waals surface area contributed by atoms with Gasteiger partial charge in [-0.1, -0.05) is 17.3 Å². The lowest BCUT2D eigenvalue weighted by Crippen LogP contribution is -2.62. The number of amides is 1. The molecule has 38 heavy (non-hydrogen) atoms. The predicted octanol–water partition coefficient (Wildman–Crippen LogP) is 3.27. The summed E-state index contributed by atoms with van der Waals surface area (Å²) in [5, 5.41) is 26.3. The fourth-order valence-corrected chi connectivity index (χ4v) is 6.19. The molecule has 2 aromatic rings. The Morgan fingerprint density at radius 3 is 2.79 bits per heavy atom. The number of benzene rings is 1. The van der Waals surface area contributed by atoms with Crippen molar-refractivity contribution in [2.45, 2.75) is 17.7 Å². The minimum Gasteiger partial charge on any atom is -0.477 e. The minimum atomic E-state index is -1.32. The molecule has 2 aliphatic rings. The van der Waals surface area contributed by atoms with Crippen LogP contribution in [0.25, 0.3) is 6.08 Å². The summed E-state index contributed by atoms with van der Waals surface area (Å²) in [7, 11) is 1.27. The number of nitro benzene ring substituents is 1. The zero-order chi connectivity index (χ0) is 27.6. The van der Waals surface area contributed by atoms with E-state index in [4.69, 9.17) is 22.2 Å². The van der Waals surface area contributed by atoms with E-state index >= 15 is 0 Å². The number of β-lactam (4-membered cyclic amide) rings is 1. The van der Waals surface area contributed by atoms with Crippen LogP contribution >= 0.6 is 34.7 Å². The summed E-state index contributed by atoms with van der Waals surface area (Å²) >= 11 is 8.19. The van der Waals surface area contributed by atoms with Gasteiger partial charge in [-0.15, -0.1) is 34.7 Å². The number of allylic oxidation sites excluding steroid dienone is 1. The molecule has 0 unspecified atom stereocenters. The van der Waals surface area contributed by atoms with Gasteiger partial charge in [-0.25, -0.2) is 9.78 Å². The standard InChI is InChI=1S/C23H20ClN5O7S2/c1-36-27-18(15-10-38-23(25)26-15)17(30)7-14-20(31)28-19(22(32)33)13(9-37-21(14)28)5-4-12-3-2-11(8-24)6-16(12)29(34)35/h2-6,10,14,21H,7-9H2,1H3,(H2,25,26)(H,32,33)/b5-4?,27-18-/t14-,21-/m1/s1. The Kier molecular flexibility index (Phi) is 8.14. The fraction of sp³-hybridized carbons (Fsp3) is 0.261. The lowest BCUT2D eigenvalue weighted by molar-refractivity contribution is -0.385. The first kappa shape index (κ1) is 27.3. The number of thioether (sulfide) groups is 1. The number of carboxylic acid groups (broad SMARTS) is 1. The maximum atomic E-state index is 13.0. The average Bonchev–Trinajstić information content (AvgIpc) is 3.33. The Balaban J connectivity index is 1.57. The molecule has 0 radical (unpaired) electrons. The number of thiazole rings is 1. The molecular weight excluding hydrogens is 558 g/mol. The predicted molar refractivity (Wildman–Crippen MR) is 143 cm³/mol. The van der Waals surface area contributed by atoms with Crippen LogP contribution in [0.4, 0.5) is 10.8 Å². The van der Waals surface area contributed by atoms with Gasteiger partial charge in [-0.05, 0) is 23.3 Å². The Hall–Kier alpha value is -3.75. The molecule has 4 rings (SSSR count). The first-order valence-electron chi connectivity index (χ1n) is 10.9. The van der Waals surface area contributed by atoms with Gasteiger partial charge in [0.1, 0.15) is 18.5 Å². The van der Waals surface area contributed by atoms with Crippen molar-refractivity contribution in [1.29, 1.82) is 0 Å². The number of aromatic nitrogens is 1. The summed E-state index contributed by atoms with van der Waals surface area (Å²) in [6.45, 7) is 0. The highest BCUT2D eigenvalue weighted by molar-refractivity contribution is 8.00. The summed E-state index contributed by atoms with van der Waals surface area (Å²) in [6.07, 6.45) is 2.68. The molecule has 0 spiro atoms. The van der Waals surface area contributed by atoms with Gasteiger partial charge in [-0.2, -0.15) is 0 Å². The Labute approximate surface area is 228 Å². The Bertz CT molecular complexity index is 1420. The summed E-state index contributed by atoms with van der Waals surface area (Å²) in [5.74, 6) is -2.78. The molecule has 2 aliphatic heterocycles. The van der Waals surface area contributed by atoms with Crippen molar-refractivity contribution < 1.29 is 29.3 Å². The second-order valence-electron chi connectivity index (χ2n) is 8.13. The van der Waals surface area contributed by atoms with E-state index in [0.717, 1.165) is 16.2 Å². The van der Waals surface area contributed by atoms with Crippen LogP contribution in [0.15, 0.2) is 46.1 Å². The van der Waals surface area contributed by atoms with Gasteiger partial charge in [0, 0.05) is 29.5 Å². The van der Waals surface area contributed by atoms with Crippen LogP contribution in [0.1, 0.15) is 23.2 Å². The molecule has 2 atom stereocenters. The number of alkyl halides is 1. The smallest absolute Gasteiger partial charge is 0.352 e. The second kappa shape index (κ2) is 11.3. The van der Waals surface area contributed by atoms with E-state index in [1.54, 1.807) is 11.4 Å². The van der Waals surface area contributed by atoms with Gasteiger partial charge in [0.05, 0.1) is 21.8 Å². The number of carboxylic acids is 1. The minimum absolute atomic E-state index is 0.0769. The first-order valence-corrected chi connectivity index (χ1v) is 13.4. The number of rotatable bonds is 10. The molecule has 1 saturated heterocycles. The molecule has 12 nitrogen and oxygen atoms in total. The molecule has 3 N–H and O–H groups in total. The highest BCUT2D eigenvalue weighted by atomic mass is 35.5. The molecule has 0 bridgehead atoms. The van der Waals surface area contributed by atoms with Crippen LogP contribution in [-0.4, -0.2) is 61.5 Å². The van der Waals surface area contributed by atoms with Crippen LogP contribution in [0.2, 0.25) is 0 Å². The zero-order valence-electron chi connectivity index (χ0n) is 19.7. The van der Waals surface area contributed by atoms with Crippen molar-refractivity contribution in [2.75, 3.05) is 18.6 Å². The summed E-state index contributed by atoms with van der Waals surface area (Å²) in [6, 6.07) is 4.52. The maximum absolute atomic E-state index is 13.0. The van der Waals surface area contributed by atoms with Crippen LogP contribution in [0.5, 0.6) is 0 Å². The fourth-order valence-electron chi connectivity index (χ4n) is 4.09. The van der Waals surface area contributed by atoms with Gasteiger partial charge >= 0.3 is 5.97 Å². The van der Waals surface area contributed by atoms with Crippen LogP contribution in [0, 0.1) is 16.0 Å². The number of fused-ring (bicyclic) bond motifs is 1. The van der Waals surface area contributed by atoms with Gasteiger partial charge in [-0.3, -0.25) is 24.6 Å². The summed E-state index contributed by atoms with van der Waals surface area (Å²) < 4.78 is 0. The summed E-state index contributed by atoms with van der Waals surface area (Å²) in [5.41, 5.74) is 6.54. The molecule has 1 aromatic carbocycles. The Morgan fingerprint density at radius 1 is 1.42 bits per heavy atom. The van der Waals surface area contributed by atoms with Crippen molar-refractivity contribution in [1.82, 2.24) is 9.88 Å². The lowest BCUT2D eigenvalue weighted by atomic mass is 9.89. The van der Waals surface area contributed by atoms with Crippen LogP contribution in [0.3, 0.4) is 0 Å². The number of nitro groups is 1. The molecule has 0 aliphatic carbocycles. The number of nitrogens with zero attached hydrogens (tertiary/aromatic N) is 4. The highest BCUT2D eigenvalue weighted by Gasteiger charge is 2.54. The summed E-state index contributed by atoms with van der Waals surface area (Å²) in [4.78, 5) is 59.0. The largest absolute Gasteiger partial charge is 0.477 e. The number of halogens is 1. The van der Waals surface area contributed by atoms with Gasteiger partial charge in [0.15, 0.2) is 16.6 Å². The number of hydrogen-bond acceptors (Lipinski definition) is 11. The van der Waals surface area contributed by atoms with E-state index in [1.165, 1.54) is 43.2 Å². The number of nitrogens with two attached hydrogens (primary N) is 1. The third-order valence-electron chi connectivity index (χ3n) is 5.84. The number of aliphatic carboxylic acids is 1.